The molecule has 1 aromatic carbocycles. The Bertz CT molecular complexity index is 285. The lowest BCUT2D eigenvalue weighted by molar-refractivity contribution is 0.0408. The summed E-state index contributed by atoms with van der Waals surface area (Å²) in [6, 6.07) is 10.0. The van der Waals surface area contributed by atoms with E-state index in [0.717, 1.165) is 18.4 Å². The van der Waals surface area contributed by atoms with Crippen molar-refractivity contribution in [2.75, 3.05) is 0 Å². The highest BCUT2D eigenvalue weighted by Crippen LogP contribution is 2.46. The van der Waals surface area contributed by atoms with Crippen LogP contribution in [0.4, 0.5) is 0 Å². The van der Waals surface area contributed by atoms with E-state index in [1.165, 1.54) is 12.8 Å². The van der Waals surface area contributed by atoms with Gasteiger partial charge in [-0.05, 0) is 23.8 Å². The molecule has 0 aliphatic heterocycles. The number of benzene rings is 1. The number of aliphatic hydroxyl groups is 1. The van der Waals surface area contributed by atoms with Crippen molar-refractivity contribution in [3.8, 4) is 0 Å². The van der Waals surface area contributed by atoms with Crippen molar-refractivity contribution in [1.82, 2.24) is 0 Å². The molecule has 1 saturated carbocycles. The first-order valence-electron chi connectivity index (χ1n) is 5.45. The number of hydrogen-bond acceptors (Lipinski definition) is 1. The van der Waals surface area contributed by atoms with Gasteiger partial charge in [-0.25, -0.2) is 0 Å². The number of aliphatic hydroxyl groups excluding tert-OH is 1. The van der Waals surface area contributed by atoms with E-state index >= 15 is 0 Å². The van der Waals surface area contributed by atoms with Crippen LogP contribution in [0.25, 0.3) is 0 Å². The van der Waals surface area contributed by atoms with Gasteiger partial charge in [0, 0.05) is 0 Å². The molecule has 1 heteroatoms. The van der Waals surface area contributed by atoms with Crippen LogP contribution in [0.5, 0.6) is 0 Å². The van der Waals surface area contributed by atoms with Crippen molar-refractivity contribution in [1.29, 1.82) is 0 Å². The van der Waals surface area contributed by atoms with E-state index in [2.05, 4.69) is 6.92 Å². The molecule has 1 fully saturated rings. The van der Waals surface area contributed by atoms with E-state index in [0.29, 0.717) is 0 Å². The van der Waals surface area contributed by atoms with Crippen LogP contribution in [-0.4, -0.2) is 5.11 Å². The van der Waals surface area contributed by atoms with Gasteiger partial charge in [-0.1, -0.05) is 50.1 Å². The summed E-state index contributed by atoms with van der Waals surface area (Å²) < 4.78 is 0. The molecule has 0 radical (unpaired) electrons. The molecule has 1 atom stereocenters. The minimum atomic E-state index is -0.286. The fourth-order valence-electron chi connectivity index (χ4n) is 2.49. The molecule has 2 rings (SSSR count). The average Bonchev–Trinajstić information content (AvgIpc) is 2.67. The quantitative estimate of drug-likeness (QED) is 0.758. The predicted octanol–water partition coefficient (Wildman–Crippen LogP) is 3.30. The van der Waals surface area contributed by atoms with Crippen molar-refractivity contribution in [3.63, 3.8) is 0 Å². The summed E-state index contributed by atoms with van der Waals surface area (Å²) in [6.45, 7) is 2.21. The average molecular weight is 190 g/mol. The second kappa shape index (κ2) is 3.74. The molecule has 0 saturated heterocycles. The van der Waals surface area contributed by atoms with Crippen LogP contribution in [0.3, 0.4) is 0 Å². The highest BCUT2D eigenvalue weighted by molar-refractivity contribution is 5.19. The van der Waals surface area contributed by atoms with E-state index in [1.807, 2.05) is 30.3 Å². The first kappa shape index (κ1) is 9.72. The largest absolute Gasteiger partial charge is 0.388 e. The molecule has 1 unspecified atom stereocenters. The molecular weight excluding hydrogens is 172 g/mol. The summed E-state index contributed by atoms with van der Waals surface area (Å²) in [7, 11) is 0. The van der Waals surface area contributed by atoms with E-state index in [-0.39, 0.29) is 11.5 Å². The highest BCUT2D eigenvalue weighted by Gasteiger charge is 2.36. The predicted molar refractivity (Wildman–Crippen MR) is 58.0 cm³/mol. The zero-order valence-corrected chi connectivity index (χ0v) is 8.74. The molecule has 0 aromatic heterocycles. The second-order valence-electron chi connectivity index (χ2n) is 4.67. The monoisotopic (exact) mass is 190 g/mol. The first-order valence-corrected chi connectivity index (χ1v) is 5.45. The summed E-state index contributed by atoms with van der Waals surface area (Å²) in [5.74, 6) is 0. The Morgan fingerprint density at radius 2 is 1.71 bits per heavy atom. The second-order valence-corrected chi connectivity index (χ2v) is 4.67. The summed E-state index contributed by atoms with van der Waals surface area (Å²) in [4.78, 5) is 0. The molecule has 1 aromatic rings. The van der Waals surface area contributed by atoms with Gasteiger partial charge in [0.2, 0.25) is 0 Å². The Morgan fingerprint density at radius 1 is 1.14 bits per heavy atom. The van der Waals surface area contributed by atoms with Gasteiger partial charge in [0.1, 0.15) is 0 Å². The normalized spacial score (nSPS) is 22.1. The van der Waals surface area contributed by atoms with Crippen LogP contribution >= 0.6 is 0 Å². The van der Waals surface area contributed by atoms with Crippen molar-refractivity contribution >= 4 is 0 Å². The van der Waals surface area contributed by atoms with Crippen molar-refractivity contribution < 1.29 is 5.11 Å². The van der Waals surface area contributed by atoms with Crippen molar-refractivity contribution in [3.05, 3.63) is 35.9 Å². The molecule has 0 spiro atoms. The van der Waals surface area contributed by atoms with Gasteiger partial charge >= 0.3 is 0 Å². The van der Waals surface area contributed by atoms with Crippen LogP contribution in [0.15, 0.2) is 30.3 Å². The maximum atomic E-state index is 10.3. The summed E-state index contributed by atoms with van der Waals surface area (Å²) >= 11 is 0. The lowest BCUT2D eigenvalue weighted by Crippen LogP contribution is -2.21. The zero-order chi connectivity index (χ0) is 10.0. The molecule has 0 amide bonds. The fourth-order valence-corrected chi connectivity index (χ4v) is 2.49. The Labute approximate surface area is 85.8 Å². The smallest absolute Gasteiger partial charge is 0.0843 e. The third-order valence-electron chi connectivity index (χ3n) is 3.52. The first-order chi connectivity index (χ1) is 6.72. The Morgan fingerprint density at radius 3 is 2.29 bits per heavy atom. The lowest BCUT2D eigenvalue weighted by Gasteiger charge is -2.30. The van der Waals surface area contributed by atoms with E-state index < -0.39 is 0 Å². The standard InChI is InChI=1S/C13H18O/c1-13(9-5-6-10-13)12(14)11-7-3-2-4-8-11/h2-4,7-8,12,14H,5-6,9-10H2,1H3. The van der Waals surface area contributed by atoms with Crippen LogP contribution in [0, 0.1) is 5.41 Å². The molecule has 0 heterocycles. The minimum Gasteiger partial charge on any atom is -0.388 e. The Kier molecular flexibility index (Phi) is 2.60. The molecule has 76 valence electrons. The SMILES string of the molecule is CC1(C(O)c2ccccc2)CCCC1. The summed E-state index contributed by atoms with van der Waals surface area (Å²) in [5.41, 5.74) is 1.18. The summed E-state index contributed by atoms with van der Waals surface area (Å²) in [6.07, 6.45) is 4.55. The van der Waals surface area contributed by atoms with Gasteiger partial charge in [0.25, 0.3) is 0 Å². The van der Waals surface area contributed by atoms with Gasteiger partial charge in [0.05, 0.1) is 6.10 Å². The highest BCUT2D eigenvalue weighted by atomic mass is 16.3. The molecule has 1 N–H and O–H groups in total. The van der Waals surface area contributed by atoms with Gasteiger partial charge in [-0.15, -0.1) is 0 Å². The molecule has 1 aliphatic carbocycles. The van der Waals surface area contributed by atoms with Crippen LogP contribution < -0.4 is 0 Å². The van der Waals surface area contributed by atoms with Crippen molar-refractivity contribution in [2.45, 2.75) is 38.7 Å². The van der Waals surface area contributed by atoms with E-state index in [4.69, 9.17) is 0 Å². The third kappa shape index (κ3) is 1.69. The number of hydrogen-bond donors (Lipinski definition) is 1. The Hall–Kier alpha value is -0.820. The molecule has 1 aliphatic rings. The van der Waals surface area contributed by atoms with Crippen LogP contribution in [-0.2, 0) is 0 Å². The van der Waals surface area contributed by atoms with Gasteiger partial charge < -0.3 is 5.11 Å². The summed E-state index contributed by atoms with van der Waals surface area (Å²) in [5, 5.41) is 10.3. The molecule has 1 nitrogen and oxygen atoms in total. The third-order valence-corrected chi connectivity index (χ3v) is 3.52. The molecular formula is C13H18O. The maximum absolute atomic E-state index is 10.3. The minimum absolute atomic E-state index is 0.112. The Balaban J connectivity index is 2.19. The van der Waals surface area contributed by atoms with Crippen LogP contribution in [0.1, 0.15) is 44.3 Å². The van der Waals surface area contributed by atoms with Gasteiger partial charge in [-0.2, -0.15) is 0 Å². The number of rotatable bonds is 2. The lowest BCUT2D eigenvalue weighted by atomic mass is 9.79. The van der Waals surface area contributed by atoms with E-state index in [9.17, 15) is 5.11 Å². The maximum Gasteiger partial charge on any atom is 0.0843 e. The molecule has 0 bridgehead atoms. The van der Waals surface area contributed by atoms with Crippen molar-refractivity contribution in [2.24, 2.45) is 5.41 Å². The zero-order valence-electron chi connectivity index (χ0n) is 8.74. The topological polar surface area (TPSA) is 20.2 Å². The van der Waals surface area contributed by atoms with E-state index in [1.54, 1.807) is 0 Å². The van der Waals surface area contributed by atoms with Crippen LogP contribution in [0.2, 0.25) is 0 Å². The molecule has 14 heavy (non-hydrogen) atoms. The van der Waals surface area contributed by atoms with Gasteiger partial charge in [0.15, 0.2) is 0 Å². The van der Waals surface area contributed by atoms with Gasteiger partial charge in [-0.3, -0.25) is 0 Å². The fraction of sp³-hybridized carbons (Fsp3) is 0.538.